The Bertz CT molecular complexity index is 1010. The summed E-state index contributed by atoms with van der Waals surface area (Å²) < 4.78 is 48.6. The van der Waals surface area contributed by atoms with Crippen LogP contribution in [0, 0.1) is 5.82 Å². The van der Waals surface area contributed by atoms with Crippen LogP contribution in [0.25, 0.3) is 0 Å². The van der Waals surface area contributed by atoms with Gasteiger partial charge in [0.2, 0.25) is 5.76 Å². The van der Waals surface area contributed by atoms with Gasteiger partial charge in [0.1, 0.15) is 12.4 Å². The predicted octanol–water partition coefficient (Wildman–Crippen LogP) is 3.75. The highest BCUT2D eigenvalue weighted by Gasteiger charge is 2.23. The van der Waals surface area contributed by atoms with E-state index < -0.39 is 27.4 Å². The number of hydrogen-bond donors (Lipinski definition) is 0. The highest BCUT2D eigenvalue weighted by atomic mass is 32.2. The molecule has 0 saturated carbocycles. The number of carbonyl (C=O) groups is 1. The number of ether oxygens (including phenoxy) is 1. The SMILES string of the molecule is O=C(OCc1ccccc1F)c1occc1CS(=O)(=O)c1ccccc1. The molecule has 3 rings (SSSR count). The molecule has 26 heavy (non-hydrogen) atoms. The zero-order valence-electron chi connectivity index (χ0n) is 13.6. The van der Waals surface area contributed by atoms with Crippen molar-refractivity contribution in [2.45, 2.75) is 17.3 Å². The van der Waals surface area contributed by atoms with Crippen molar-refractivity contribution in [1.82, 2.24) is 0 Å². The van der Waals surface area contributed by atoms with Crippen molar-refractivity contribution in [1.29, 1.82) is 0 Å². The fourth-order valence-electron chi connectivity index (χ4n) is 2.37. The zero-order valence-corrected chi connectivity index (χ0v) is 14.4. The molecule has 134 valence electrons. The third-order valence-electron chi connectivity index (χ3n) is 3.70. The summed E-state index contributed by atoms with van der Waals surface area (Å²) in [5.41, 5.74) is 0.401. The Labute approximate surface area is 150 Å². The summed E-state index contributed by atoms with van der Waals surface area (Å²) in [6.45, 7) is -0.281. The van der Waals surface area contributed by atoms with Gasteiger partial charge in [0.25, 0.3) is 0 Å². The average Bonchev–Trinajstić information content (AvgIpc) is 3.09. The van der Waals surface area contributed by atoms with E-state index in [0.29, 0.717) is 0 Å². The van der Waals surface area contributed by atoms with Gasteiger partial charge in [0.15, 0.2) is 9.84 Å². The van der Waals surface area contributed by atoms with Gasteiger partial charge in [-0.2, -0.15) is 0 Å². The van der Waals surface area contributed by atoms with E-state index in [0.717, 1.165) is 0 Å². The first-order chi connectivity index (χ1) is 12.5. The quantitative estimate of drug-likeness (QED) is 0.615. The molecule has 0 amide bonds. The molecule has 1 heterocycles. The maximum atomic E-state index is 13.6. The van der Waals surface area contributed by atoms with Gasteiger partial charge in [-0.1, -0.05) is 36.4 Å². The van der Waals surface area contributed by atoms with Crippen LogP contribution in [0.5, 0.6) is 0 Å². The number of sulfone groups is 1. The monoisotopic (exact) mass is 374 g/mol. The third-order valence-corrected chi connectivity index (χ3v) is 5.38. The first-order valence-electron chi connectivity index (χ1n) is 7.72. The summed E-state index contributed by atoms with van der Waals surface area (Å²) >= 11 is 0. The van der Waals surface area contributed by atoms with Gasteiger partial charge in [0, 0.05) is 11.1 Å². The van der Waals surface area contributed by atoms with Crippen LogP contribution >= 0.6 is 0 Å². The Hall–Kier alpha value is -2.93. The molecule has 0 aliphatic rings. The van der Waals surface area contributed by atoms with Gasteiger partial charge in [0.05, 0.1) is 16.9 Å². The molecule has 0 N–H and O–H groups in total. The van der Waals surface area contributed by atoms with E-state index in [1.807, 2.05) is 0 Å². The number of carbonyl (C=O) groups excluding carboxylic acids is 1. The van der Waals surface area contributed by atoms with E-state index >= 15 is 0 Å². The molecular formula is C19H15FO5S. The van der Waals surface area contributed by atoms with Crippen molar-refractivity contribution >= 4 is 15.8 Å². The molecule has 1 aromatic heterocycles. The van der Waals surface area contributed by atoms with Crippen molar-refractivity contribution in [2.75, 3.05) is 0 Å². The molecule has 5 nitrogen and oxygen atoms in total. The van der Waals surface area contributed by atoms with Gasteiger partial charge in [-0.25, -0.2) is 17.6 Å². The smallest absolute Gasteiger partial charge is 0.374 e. The molecule has 0 unspecified atom stereocenters. The van der Waals surface area contributed by atoms with Gasteiger partial charge in [-0.05, 0) is 24.3 Å². The van der Waals surface area contributed by atoms with Crippen LogP contribution in [-0.4, -0.2) is 14.4 Å². The molecule has 0 aliphatic heterocycles. The number of hydrogen-bond acceptors (Lipinski definition) is 5. The summed E-state index contributed by atoms with van der Waals surface area (Å²) in [5, 5.41) is 0. The van der Waals surface area contributed by atoms with Crippen molar-refractivity contribution in [3.05, 3.63) is 89.6 Å². The highest BCUT2D eigenvalue weighted by Crippen LogP contribution is 2.21. The number of esters is 1. The van der Waals surface area contributed by atoms with Crippen LogP contribution in [0.1, 0.15) is 21.7 Å². The normalized spacial score (nSPS) is 11.3. The predicted molar refractivity (Wildman–Crippen MR) is 91.6 cm³/mol. The van der Waals surface area contributed by atoms with E-state index in [-0.39, 0.29) is 28.4 Å². The fraction of sp³-hybridized carbons (Fsp3) is 0.105. The summed E-state index contributed by atoms with van der Waals surface area (Å²) in [5.74, 6) is -1.96. The summed E-state index contributed by atoms with van der Waals surface area (Å²) in [4.78, 5) is 12.3. The lowest BCUT2D eigenvalue weighted by molar-refractivity contribution is 0.0431. The Kier molecular flexibility index (Phi) is 5.18. The van der Waals surface area contributed by atoms with Crippen LogP contribution in [0.2, 0.25) is 0 Å². The largest absolute Gasteiger partial charge is 0.457 e. The second-order valence-corrected chi connectivity index (χ2v) is 7.50. The first kappa shape index (κ1) is 17.9. The maximum Gasteiger partial charge on any atom is 0.374 e. The average molecular weight is 374 g/mol. The minimum absolute atomic E-state index is 0.145. The zero-order chi connectivity index (χ0) is 18.6. The molecule has 0 bridgehead atoms. The molecule has 0 radical (unpaired) electrons. The lowest BCUT2D eigenvalue weighted by Gasteiger charge is -2.07. The topological polar surface area (TPSA) is 73.6 Å². The first-order valence-corrected chi connectivity index (χ1v) is 9.37. The van der Waals surface area contributed by atoms with Crippen LogP contribution in [0.4, 0.5) is 4.39 Å². The molecule has 2 aromatic carbocycles. The van der Waals surface area contributed by atoms with Crippen LogP contribution < -0.4 is 0 Å². The Morgan fingerprint density at radius 3 is 2.38 bits per heavy atom. The standard InChI is InChI=1S/C19H15FO5S/c20-17-9-5-4-6-14(17)12-25-19(21)18-15(10-11-24-18)13-26(22,23)16-7-2-1-3-8-16/h1-11H,12-13H2. The van der Waals surface area contributed by atoms with Crippen LogP contribution in [-0.2, 0) is 26.9 Å². The van der Waals surface area contributed by atoms with Gasteiger partial charge < -0.3 is 9.15 Å². The number of rotatable bonds is 6. The lowest BCUT2D eigenvalue weighted by Crippen LogP contribution is -2.11. The second kappa shape index (κ2) is 7.53. The van der Waals surface area contributed by atoms with Crippen LogP contribution in [0.3, 0.4) is 0 Å². The van der Waals surface area contributed by atoms with Crippen molar-refractivity contribution in [3.63, 3.8) is 0 Å². The van der Waals surface area contributed by atoms with Crippen LogP contribution in [0.15, 0.2) is 76.2 Å². The third kappa shape index (κ3) is 4.00. The summed E-state index contributed by atoms with van der Waals surface area (Å²) in [7, 11) is -3.64. The Morgan fingerprint density at radius 1 is 0.962 bits per heavy atom. The number of furan rings is 1. The molecule has 0 fully saturated rings. The maximum absolute atomic E-state index is 13.6. The van der Waals surface area contributed by atoms with E-state index in [9.17, 15) is 17.6 Å². The minimum Gasteiger partial charge on any atom is -0.457 e. The van der Waals surface area contributed by atoms with E-state index in [1.54, 1.807) is 24.3 Å². The van der Waals surface area contributed by atoms with Crippen molar-refractivity contribution < 1.29 is 26.8 Å². The molecule has 3 aromatic rings. The second-order valence-electron chi connectivity index (χ2n) is 5.51. The van der Waals surface area contributed by atoms with E-state index in [1.165, 1.54) is 42.7 Å². The molecule has 0 atom stereocenters. The highest BCUT2D eigenvalue weighted by molar-refractivity contribution is 7.90. The Balaban J connectivity index is 1.74. The molecule has 0 aliphatic carbocycles. The Morgan fingerprint density at radius 2 is 1.65 bits per heavy atom. The molecule has 7 heteroatoms. The van der Waals surface area contributed by atoms with Crippen molar-refractivity contribution in [3.8, 4) is 0 Å². The fourth-order valence-corrected chi connectivity index (χ4v) is 3.74. The van der Waals surface area contributed by atoms with E-state index in [4.69, 9.17) is 9.15 Å². The molecule has 0 saturated heterocycles. The summed E-state index contributed by atoms with van der Waals surface area (Å²) in [6.07, 6.45) is 1.22. The van der Waals surface area contributed by atoms with Gasteiger partial charge in [-0.15, -0.1) is 0 Å². The number of benzene rings is 2. The number of halogens is 1. The van der Waals surface area contributed by atoms with Crippen molar-refractivity contribution in [2.24, 2.45) is 0 Å². The van der Waals surface area contributed by atoms with Gasteiger partial charge >= 0.3 is 5.97 Å². The summed E-state index contributed by atoms with van der Waals surface area (Å²) in [6, 6.07) is 15.2. The lowest BCUT2D eigenvalue weighted by atomic mass is 10.2. The van der Waals surface area contributed by atoms with Gasteiger partial charge in [-0.3, -0.25) is 0 Å². The molecule has 0 spiro atoms. The van der Waals surface area contributed by atoms with E-state index in [2.05, 4.69) is 0 Å². The molecular weight excluding hydrogens is 359 g/mol. The minimum atomic E-state index is -3.64.